The molecule has 0 radical (unpaired) electrons. The minimum Gasteiger partial charge on any atom is -0.353 e. The maximum atomic E-state index is 12.5. The largest absolute Gasteiger partial charge is 0.353 e. The van der Waals surface area contributed by atoms with Gasteiger partial charge in [0.2, 0.25) is 0 Å². The van der Waals surface area contributed by atoms with Crippen LogP contribution in [0.4, 0.5) is 0 Å². The second kappa shape index (κ2) is 4.49. The van der Waals surface area contributed by atoms with Gasteiger partial charge < -0.3 is 9.97 Å². The minimum absolute atomic E-state index is 0.349. The lowest BCUT2D eigenvalue weighted by Gasteiger charge is -2.06. The monoisotopic (exact) mass is 333 g/mol. The molecule has 2 aromatic heterocycles. The third-order valence-corrected chi connectivity index (χ3v) is 4.10. The molecule has 1 aromatic carbocycles. The van der Waals surface area contributed by atoms with E-state index in [1.54, 1.807) is 18.2 Å². The smallest absolute Gasteiger partial charge is 0.333 e. The van der Waals surface area contributed by atoms with Crippen molar-refractivity contribution in [2.24, 2.45) is 0 Å². The van der Waals surface area contributed by atoms with Crippen LogP contribution < -0.4 is 11.2 Å². The number of hydrogen-bond donors (Lipinski definition) is 2. The number of aryl methyl sites for hydroxylation is 2. The molecule has 0 saturated heterocycles. The number of aromatic amines is 2. The number of benzene rings is 1. The standard InChI is InChI=1S/C14H12BrN3O2/c1-7-5-9(3-4-10(7)15)18-13(19)12-11(17-14(18)20)6-8(2)16-12/h3-6,16H,1-2H3,(H,17,20). The van der Waals surface area contributed by atoms with E-state index in [4.69, 9.17) is 0 Å². The summed E-state index contributed by atoms with van der Waals surface area (Å²) in [6, 6.07) is 7.09. The van der Waals surface area contributed by atoms with Crippen LogP contribution in [-0.2, 0) is 0 Å². The van der Waals surface area contributed by atoms with Crippen molar-refractivity contribution in [2.75, 3.05) is 0 Å². The summed E-state index contributed by atoms with van der Waals surface area (Å²) in [5.74, 6) is 0. The van der Waals surface area contributed by atoms with E-state index in [-0.39, 0.29) is 5.56 Å². The molecule has 0 atom stereocenters. The second-order valence-corrected chi connectivity index (χ2v) is 5.60. The van der Waals surface area contributed by atoms with Gasteiger partial charge in [-0.1, -0.05) is 15.9 Å². The third kappa shape index (κ3) is 1.92. The predicted octanol–water partition coefficient (Wildman–Crippen LogP) is 2.39. The Labute approximate surface area is 122 Å². The number of aromatic nitrogens is 3. The Morgan fingerprint density at radius 1 is 1.10 bits per heavy atom. The molecule has 2 heterocycles. The summed E-state index contributed by atoms with van der Waals surface area (Å²) in [6.07, 6.45) is 0. The zero-order valence-electron chi connectivity index (χ0n) is 11.0. The maximum absolute atomic E-state index is 12.5. The average Bonchev–Trinajstić information content (AvgIpc) is 2.74. The van der Waals surface area contributed by atoms with E-state index in [1.165, 1.54) is 0 Å². The molecule has 0 aliphatic heterocycles. The molecule has 0 saturated carbocycles. The Hall–Kier alpha value is -2.08. The van der Waals surface area contributed by atoms with Gasteiger partial charge >= 0.3 is 5.69 Å². The molecule has 6 heteroatoms. The number of fused-ring (bicyclic) bond motifs is 1. The van der Waals surface area contributed by atoms with Gasteiger partial charge in [0.25, 0.3) is 5.56 Å². The molecule has 0 aliphatic rings. The first-order chi connectivity index (χ1) is 9.47. The SMILES string of the molecule is Cc1cc2[nH]c(=O)n(-c3ccc(Br)c(C)c3)c(=O)c2[nH]1. The molecular formula is C14H12BrN3O2. The normalized spacial score (nSPS) is 11.2. The first-order valence-electron chi connectivity index (χ1n) is 6.08. The van der Waals surface area contributed by atoms with E-state index < -0.39 is 5.69 Å². The third-order valence-electron chi connectivity index (χ3n) is 3.21. The first-order valence-corrected chi connectivity index (χ1v) is 6.88. The van der Waals surface area contributed by atoms with Crippen molar-refractivity contribution in [3.05, 3.63) is 60.8 Å². The van der Waals surface area contributed by atoms with Gasteiger partial charge in [-0.05, 0) is 43.7 Å². The second-order valence-electron chi connectivity index (χ2n) is 4.75. The Morgan fingerprint density at radius 2 is 1.85 bits per heavy atom. The average molecular weight is 334 g/mol. The van der Waals surface area contributed by atoms with Crippen molar-refractivity contribution in [1.82, 2.24) is 14.5 Å². The van der Waals surface area contributed by atoms with Crippen LogP contribution in [0.2, 0.25) is 0 Å². The van der Waals surface area contributed by atoms with Crippen molar-refractivity contribution in [1.29, 1.82) is 0 Å². The fourth-order valence-corrected chi connectivity index (χ4v) is 2.48. The van der Waals surface area contributed by atoms with Crippen molar-refractivity contribution in [3.8, 4) is 5.69 Å². The van der Waals surface area contributed by atoms with Gasteiger partial charge in [-0.3, -0.25) is 4.79 Å². The van der Waals surface area contributed by atoms with E-state index in [2.05, 4.69) is 25.9 Å². The highest BCUT2D eigenvalue weighted by atomic mass is 79.9. The topological polar surface area (TPSA) is 70.7 Å². The molecule has 0 amide bonds. The maximum Gasteiger partial charge on any atom is 0.333 e. The van der Waals surface area contributed by atoms with Crippen LogP contribution in [0, 0.1) is 13.8 Å². The highest BCUT2D eigenvalue weighted by Gasteiger charge is 2.11. The summed E-state index contributed by atoms with van der Waals surface area (Å²) in [5.41, 5.74) is 2.48. The molecule has 102 valence electrons. The summed E-state index contributed by atoms with van der Waals surface area (Å²) in [6.45, 7) is 3.75. The number of nitrogens with one attached hydrogen (secondary N) is 2. The molecule has 0 spiro atoms. The van der Waals surface area contributed by atoms with Crippen molar-refractivity contribution < 1.29 is 0 Å². The molecule has 2 N–H and O–H groups in total. The highest BCUT2D eigenvalue weighted by Crippen LogP contribution is 2.18. The summed E-state index contributed by atoms with van der Waals surface area (Å²) in [4.78, 5) is 30.3. The summed E-state index contributed by atoms with van der Waals surface area (Å²) < 4.78 is 2.07. The molecule has 20 heavy (non-hydrogen) atoms. The number of H-pyrrole nitrogens is 2. The van der Waals surface area contributed by atoms with Gasteiger partial charge in [-0.2, -0.15) is 0 Å². The minimum atomic E-state index is -0.441. The van der Waals surface area contributed by atoms with Crippen LogP contribution in [0.5, 0.6) is 0 Å². The van der Waals surface area contributed by atoms with E-state index in [0.717, 1.165) is 20.3 Å². The lowest BCUT2D eigenvalue weighted by atomic mass is 10.2. The van der Waals surface area contributed by atoms with Crippen LogP contribution in [0.15, 0.2) is 38.3 Å². The molecule has 3 rings (SSSR count). The lowest BCUT2D eigenvalue weighted by Crippen LogP contribution is -2.33. The van der Waals surface area contributed by atoms with E-state index in [9.17, 15) is 9.59 Å². The van der Waals surface area contributed by atoms with Gasteiger partial charge in [0.1, 0.15) is 5.52 Å². The molecule has 0 unspecified atom stereocenters. The van der Waals surface area contributed by atoms with Gasteiger partial charge in [0.15, 0.2) is 0 Å². The van der Waals surface area contributed by atoms with Crippen LogP contribution in [0.1, 0.15) is 11.3 Å². The van der Waals surface area contributed by atoms with E-state index >= 15 is 0 Å². The molecule has 0 aliphatic carbocycles. The first kappa shape index (κ1) is 12.9. The van der Waals surface area contributed by atoms with Crippen molar-refractivity contribution in [2.45, 2.75) is 13.8 Å². The Bertz CT molecular complexity index is 934. The fourth-order valence-electron chi connectivity index (χ4n) is 2.23. The molecule has 0 bridgehead atoms. The number of nitrogens with zero attached hydrogens (tertiary/aromatic N) is 1. The van der Waals surface area contributed by atoms with Gasteiger partial charge in [-0.25, -0.2) is 9.36 Å². The quantitative estimate of drug-likeness (QED) is 0.717. The number of hydrogen-bond acceptors (Lipinski definition) is 2. The summed E-state index contributed by atoms with van der Waals surface area (Å²) in [5, 5.41) is 0. The molecular weight excluding hydrogens is 322 g/mol. The van der Waals surface area contributed by atoms with Crippen LogP contribution in [0.25, 0.3) is 16.7 Å². The summed E-state index contributed by atoms with van der Waals surface area (Å²) in [7, 11) is 0. The lowest BCUT2D eigenvalue weighted by molar-refractivity contribution is 0.897. The number of rotatable bonds is 1. The van der Waals surface area contributed by atoms with E-state index in [0.29, 0.717) is 16.7 Å². The highest BCUT2D eigenvalue weighted by molar-refractivity contribution is 9.10. The van der Waals surface area contributed by atoms with Gasteiger partial charge in [-0.15, -0.1) is 0 Å². The van der Waals surface area contributed by atoms with Crippen molar-refractivity contribution >= 4 is 27.0 Å². The Balaban J connectivity index is 2.38. The predicted molar refractivity (Wildman–Crippen MR) is 81.7 cm³/mol. The fraction of sp³-hybridized carbons (Fsp3) is 0.143. The zero-order chi connectivity index (χ0) is 14.4. The van der Waals surface area contributed by atoms with Gasteiger partial charge in [0.05, 0.1) is 11.2 Å². The van der Waals surface area contributed by atoms with Crippen LogP contribution in [-0.4, -0.2) is 14.5 Å². The molecule has 3 aromatic rings. The number of halogens is 1. The van der Waals surface area contributed by atoms with Crippen molar-refractivity contribution in [3.63, 3.8) is 0 Å². The van der Waals surface area contributed by atoms with Gasteiger partial charge in [0, 0.05) is 10.2 Å². The molecule has 0 fully saturated rings. The van der Waals surface area contributed by atoms with E-state index in [1.807, 2.05) is 19.9 Å². The molecule has 5 nitrogen and oxygen atoms in total. The Kier molecular flexibility index (Phi) is 2.90. The van der Waals surface area contributed by atoms with Crippen LogP contribution >= 0.6 is 15.9 Å². The Morgan fingerprint density at radius 3 is 2.55 bits per heavy atom. The summed E-state index contributed by atoms with van der Waals surface area (Å²) >= 11 is 3.40. The van der Waals surface area contributed by atoms with Crippen LogP contribution in [0.3, 0.4) is 0 Å². The zero-order valence-corrected chi connectivity index (χ0v) is 12.5.